The zero-order valence-corrected chi connectivity index (χ0v) is 18.5. The van der Waals surface area contributed by atoms with Gasteiger partial charge in [0.2, 0.25) is 5.91 Å². The molecule has 2 aromatic carbocycles. The summed E-state index contributed by atoms with van der Waals surface area (Å²) in [6.07, 6.45) is 1.71. The number of carbonyl (C=O) groups excluding carboxylic acids is 2. The van der Waals surface area contributed by atoms with Crippen molar-refractivity contribution in [1.82, 2.24) is 20.1 Å². The summed E-state index contributed by atoms with van der Waals surface area (Å²) in [5.74, 6) is 0.352. The van der Waals surface area contributed by atoms with Crippen molar-refractivity contribution in [3.63, 3.8) is 0 Å². The minimum absolute atomic E-state index is 0.150. The molecule has 0 saturated carbocycles. The predicted molar refractivity (Wildman–Crippen MR) is 123 cm³/mol. The molecular formula is C22H22ClN5O2S. The molecule has 0 atom stereocenters. The van der Waals surface area contributed by atoms with Gasteiger partial charge in [-0.15, -0.1) is 16.8 Å². The van der Waals surface area contributed by atoms with E-state index in [0.717, 1.165) is 5.56 Å². The van der Waals surface area contributed by atoms with Crippen molar-refractivity contribution in [2.75, 3.05) is 11.1 Å². The molecule has 3 rings (SSSR count). The summed E-state index contributed by atoms with van der Waals surface area (Å²) in [5.41, 5.74) is 2.15. The van der Waals surface area contributed by atoms with Crippen molar-refractivity contribution in [3.05, 3.63) is 83.2 Å². The van der Waals surface area contributed by atoms with E-state index in [0.29, 0.717) is 33.8 Å². The van der Waals surface area contributed by atoms with Crippen LogP contribution in [0.15, 0.2) is 66.3 Å². The maximum Gasteiger partial charge on any atom is 0.251 e. The van der Waals surface area contributed by atoms with E-state index >= 15 is 0 Å². The number of nitrogens with zero attached hydrogens (tertiary/aromatic N) is 3. The Balaban J connectivity index is 1.60. The molecule has 0 aliphatic rings. The number of benzene rings is 2. The van der Waals surface area contributed by atoms with Gasteiger partial charge in [-0.25, -0.2) is 0 Å². The lowest BCUT2D eigenvalue weighted by molar-refractivity contribution is -0.113. The summed E-state index contributed by atoms with van der Waals surface area (Å²) < 4.78 is 1.82. The Morgan fingerprint density at radius 3 is 2.68 bits per heavy atom. The van der Waals surface area contributed by atoms with E-state index in [4.69, 9.17) is 11.6 Å². The van der Waals surface area contributed by atoms with Crippen LogP contribution in [-0.4, -0.2) is 32.3 Å². The number of thioether (sulfide) groups is 1. The van der Waals surface area contributed by atoms with Crippen LogP contribution in [-0.2, 0) is 17.9 Å². The first-order chi connectivity index (χ1) is 15.0. The molecule has 2 N–H and O–H groups in total. The molecule has 0 bridgehead atoms. The van der Waals surface area contributed by atoms with E-state index < -0.39 is 0 Å². The van der Waals surface area contributed by atoms with Gasteiger partial charge >= 0.3 is 0 Å². The van der Waals surface area contributed by atoms with Crippen LogP contribution in [0.4, 0.5) is 5.69 Å². The van der Waals surface area contributed by atoms with Crippen LogP contribution in [0.5, 0.6) is 0 Å². The normalized spacial score (nSPS) is 10.5. The molecule has 0 radical (unpaired) electrons. The largest absolute Gasteiger partial charge is 0.345 e. The van der Waals surface area contributed by atoms with Crippen molar-refractivity contribution in [3.8, 4) is 0 Å². The highest BCUT2D eigenvalue weighted by Crippen LogP contribution is 2.21. The third kappa shape index (κ3) is 6.19. The van der Waals surface area contributed by atoms with Crippen molar-refractivity contribution in [2.24, 2.45) is 0 Å². The molecule has 1 aromatic heterocycles. The molecule has 9 heteroatoms. The van der Waals surface area contributed by atoms with Gasteiger partial charge in [0.1, 0.15) is 0 Å². The number of aryl methyl sites for hydroxylation is 1. The lowest BCUT2D eigenvalue weighted by Crippen LogP contribution is -2.24. The Bertz CT molecular complexity index is 1080. The van der Waals surface area contributed by atoms with Crippen LogP contribution < -0.4 is 10.6 Å². The van der Waals surface area contributed by atoms with E-state index in [2.05, 4.69) is 27.4 Å². The number of halogens is 1. The number of aromatic nitrogens is 3. The van der Waals surface area contributed by atoms with Gasteiger partial charge in [-0.1, -0.05) is 53.7 Å². The maximum absolute atomic E-state index is 12.3. The highest BCUT2D eigenvalue weighted by atomic mass is 35.5. The van der Waals surface area contributed by atoms with Gasteiger partial charge in [-0.3, -0.25) is 9.59 Å². The lowest BCUT2D eigenvalue weighted by Gasteiger charge is -2.09. The summed E-state index contributed by atoms with van der Waals surface area (Å²) in [6.45, 7) is 6.33. The van der Waals surface area contributed by atoms with Gasteiger partial charge in [0, 0.05) is 22.8 Å². The molecule has 2 amide bonds. The first kappa shape index (κ1) is 22.6. The fourth-order valence-corrected chi connectivity index (χ4v) is 3.66. The van der Waals surface area contributed by atoms with E-state index in [1.807, 2.05) is 23.6 Å². The van der Waals surface area contributed by atoms with Crippen molar-refractivity contribution >= 4 is 40.9 Å². The van der Waals surface area contributed by atoms with Crippen LogP contribution in [0.1, 0.15) is 21.7 Å². The zero-order chi connectivity index (χ0) is 22.2. The molecule has 0 saturated heterocycles. The predicted octanol–water partition coefficient (Wildman–Crippen LogP) is 4.09. The van der Waals surface area contributed by atoms with Crippen LogP contribution >= 0.6 is 23.4 Å². The number of allylic oxidation sites excluding steroid dienone is 1. The number of anilines is 1. The molecular weight excluding hydrogens is 434 g/mol. The average Bonchev–Trinajstić information content (AvgIpc) is 3.15. The number of hydrogen-bond acceptors (Lipinski definition) is 5. The second-order valence-corrected chi connectivity index (χ2v) is 8.00. The maximum atomic E-state index is 12.3. The number of hydrogen-bond donors (Lipinski definition) is 2. The standard InChI is InChI=1S/C22H22ClN5O2S/c1-3-11-28-19(13-24-21(30)16-7-5-4-6-8-16)26-27-22(28)31-14-20(29)25-17-10-9-15(2)18(23)12-17/h3-10,12H,1,11,13-14H2,2H3,(H,24,30)(H,25,29). The van der Waals surface area contributed by atoms with Gasteiger partial charge in [0.25, 0.3) is 5.91 Å². The highest BCUT2D eigenvalue weighted by Gasteiger charge is 2.15. The smallest absolute Gasteiger partial charge is 0.251 e. The van der Waals surface area contributed by atoms with Crippen molar-refractivity contribution in [2.45, 2.75) is 25.2 Å². The fourth-order valence-electron chi connectivity index (χ4n) is 2.72. The first-order valence-electron chi connectivity index (χ1n) is 9.53. The summed E-state index contributed by atoms with van der Waals surface area (Å²) in [4.78, 5) is 24.6. The van der Waals surface area contributed by atoms with Crippen LogP contribution in [0, 0.1) is 6.92 Å². The minimum atomic E-state index is -0.195. The monoisotopic (exact) mass is 455 g/mol. The summed E-state index contributed by atoms with van der Waals surface area (Å²) in [5, 5.41) is 15.2. The highest BCUT2D eigenvalue weighted by molar-refractivity contribution is 7.99. The summed E-state index contributed by atoms with van der Waals surface area (Å²) in [7, 11) is 0. The Kier molecular flexibility index (Phi) is 7.86. The van der Waals surface area contributed by atoms with E-state index in [9.17, 15) is 9.59 Å². The third-order valence-corrected chi connectivity index (χ3v) is 5.71. The Morgan fingerprint density at radius 2 is 1.97 bits per heavy atom. The fraction of sp³-hybridized carbons (Fsp3) is 0.182. The number of amides is 2. The average molecular weight is 456 g/mol. The molecule has 0 aliphatic carbocycles. The molecule has 3 aromatic rings. The Morgan fingerprint density at radius 1 is 1.19 bits per heavy atom. The molecule has 1 heterocycles. The Labute approximate surface area is 189 Å². The van der Waals surface area contributed by atoms with E-state index in [1.54, 1.807) is 42.5 Å². The molecule has 0 unspecified atom stereocenters. The van der Waals surface area contributed by atoms with Gasteiger partial charge in [0.15, 0.2) is 11.0 Å². The zero-order valence-electron chi connectivity index (χ0n) is 17.0. The molecule has 7 nitrogen and oxygen atoms in total. The minimum Gasteiger partial charge on any atom is -0.345 e. The van der Waals surface area contributed by atoms with Gasteiger partial charge in [-0.2, -0.15) is 0 Å². The second-order valence-electron chi connectivity index (χ2n) is 6.65. The van der Waals surface area contributed by atoms with Gasteiger partial charge in [0.05, 0.1) is 12.3 Å². The lowest BCUT2D eigenvalue weighted by atomic mass is 10.2. The summed E-state index contributed by atoms with van der Waals surface area (Å²) in [6, 6.07) is 14.3. The topological polar surface area (TPSA) is 88.9 Å². The third-order valence-electron chi connectivity index (χ3n) is 4.34. The van der Waals surface area contributed by atoms with Crippen molar-refractivity contribution in [1.29, 1.82) is 0 Å². The first-order valence-corrected chi connectivity index (χ1v) is 10.9. The van der Waals surface area contributed by atoms with Crippen LogP contribution in [0.3, 0.4) is 0 Å². The number of carbonyl (C=O) groups is 2. The number of nitrogens with one attached hydrogen (secondary N) is 2. The van der Waals surface area contributed by atoms with Crippen LogP contribution in [0.25, 0.3) is 0 Å². The van der Waals surface area contributed by atoms with Gasteiger partial charge < -0.3 is 15.2 Å². The molecule has 0 spiro atoms. The Hall–Kier alpha value is -3.10. The van der Waals surface area contributed by atoms with E-state index in [-0.39, 0.29) is 24.1 Å². The van der Waals surface area contributed by atoms with Crippen molar-refractivity contribution < 1.29 is 9.59 Å². The van der Waals surface area contributed by atoms with Gasteiger partial charge in [-0.05, 0) is 36.8 Å². The quantitative estimate of drug-likeness (QED) is 0.375. The molecule has 0 aliphatic heterocycles. The molecule has 160 valence electrons. The molecule has 0 fully saturated rings. The number of rotatable bonds is 9. The van der Waals surface area contributed by atoms with E-state index in [1.165, 1.54) is 11.8 Å². The molecule has 31 heavy (non-hydrogen) atoms. The summed E-state index contributed by atoms with van der Waals surface area (Å²) >= 11 is 7.36. The second kappa shape index (κ2) is 10.8. The SMILES string of the molecule is C=CCn1c(CNC(=O)c2ccccc2)nnc1SCC(=O)Nc1ccc(C)c(Cl)c1. The van der Waals surface area contributed by atoms with Crippen LogP contribution in [0.2, 0.25) is 5.02 Å².